The third-order valence-electron chi connectivity index (χ3n) is 6.25. The van der Waals surface area contributed by atoms with Crippen LogP contribution < -0.4 is 4.74 Å². The Morgan fingerprint density at radius 2 is 1.87 bits per heavy atom. The molecule has 1 saturated heterocycles. The largest absolute Gasteiger partial charge is 0.491 e. The lowest BCUT2D eigenvalue weighted by Crippen LogP contribution is -2.39. The number of hydrogen-bond acceptors (Lipinski definition) is 3. The van der Waals surface area contributed by atoms with E-state index in [0.29, 0.717) is 30.7 Å². The third kappa shape index (κ3) is 7.61. The first-order valence-corrected chi connectivity index (χ1v) is 11.8. The Morgan fingerprint density at radius 3 is 2.40 bits per heavy atom. The van der Waals surface area contributed by atoms with Crippen LogP contribution in [0.3, 0.4) is 0 Å². The van der Waals surface area contributed by atoms with Gasteiger partial charge in [0.05, 0.1) is 11.7 Å². The molecule has 1 aromatic carbocycles. The van der Waals surface area contributed by atoms with Crippen molar-refractivity contribution in [3.8, 4) is 5.75 Å². The Morgan fingerprint density at radius 1 is 1.20 bits per heavy atom. The number of amides is 1. The van der Waals surface area contributed by atoms with Crippen molar-refractivity contribution in [1.82, 2.24) is 4.90 Å². The zero-order valence-electron chi connectivity index (χ0n) is 20.2. The van der Waals surface area contributed by atoms with Crippen molar-refractivity contribution in [3.05, 3.63) is 29.8 Å². The molecule has 0 saturated carbocycles. The average Bonchev–Trinajstić information content (AvgIpc) is 2.66. The van der Waals surface area contributed by atoms with Gasteiger partial charge in [-0.05, 0) is 82.4 Å². The zero-order valence-corrected chi connectivity index (χ0v) is 20.2. The molecule has 1 aromatic rings. The molecular weight excluding hydrogens is 374 g/mol. The van der Waals surface area contributed by atoms with Crippen molar-refractivity contribution >= 4 is 5.91 Å². The van der Waals surface area contributed by atoms with E-state index in [0.717, 1.165) is 43.7 Å². The van der Waals surface area contributed by atoms with E-state index in [4.69, 9.17) is 9.47 Å². The van der Waals surface area contributed by atoms with Crippen LogP contribution in [0.4, 0.5) is 0 Å². The van der Waals surface area contributed by atoms with Crippen molar-refractivity contribution in [1.29, 1.82) is 0 Å². The molecule has 4 heteroatoms. The molecule has 0 N–H and O–H groups in total. The Kier molecular flexibility index (Phi) is 9.21. The van der Waals surface area contributed by atoms with Gasteiger partial charge in [-0.15, -0.1) is 0 Å². The van der Waals surface area contributed by atoms with E-state index < -0.39 is 0 Å². The Hall–Kier alpha value is -1.55. The summed E-state index contributed by atoms with van der Waals surface area (Å²) in [4.78, 5) is 14.7. The lowest BCUT2D eigenvalue weighted by atomic mass is 9.73. The van der Waals surface area contributed by atoms with E-state index in [9.17, 15) is 4.79 Å². The minimum atomic E-state index is -0.0330. The first-order chi connectivity index (χ1) is 14.1. The highest BCUT2D eigenvalue weighted by Crippen LogP contribution is 2.38. The van der Waals surface area contributed by atoms with Gasteiger partial charge >= 0.3 is 0 Å². The maximum atomic E-state index is 12.7. The Labute approximate surface area is 184 Å². The molecule has 170 valence electrons. The summed E-state index contributed by atoms with van der Waals surface area (Å²) in [6, 6.07) is 8.17. The third-order valence-corrected chi connectivity index (χ3v) is 6.25. The Balaban J connectivity index is 2.03. The lowest BCUT2D eigenvalue weighted by molar-refractivity contribution is -0.132. The van der Waals surface area contributed by atoms with E-state index >= 15 is 0 Å². The van der Waals surface area contributed by atoms with Gasteiger partial charge in [-0.3, -0.25) is 4.79 Å². The fraction of sp³-hybridized carbons (Fsp3) is 0.731. The molecule has 4 nitrogen and oxygen atoms in total. The lowest BCUT2D eigenvalue weighted by Gasteiger charge is -2.41. The summed E-state index contributed by atoms with van der Waals surface area (Å²) in [7, 11) is 0. The second-order valence-electron chi connectivity index (χ2n) is 10.0. The van der Waals surface area contributed by atoms with E-state index in [1.54, 1.807) is 0 Å². The van der Waals surface area contributed by atoms with Gasteiger partial charge in [-0.1, -0.05) is 32.9 Å². The monoisotopic (exact) mass is 417 g/mol. The fourth-order valence-electron chi connectivity index (χ4n) is 4.74. The second kappa shape index (κ2) is 11.2. The van der Waals surface area contributed by atoms with Gasteiger partial charge < -0.3 is 14.4 Å². The first kappa shape index (κ1) is 24.7. The van der Waals surface area contributed by atoms with Crippen LogP contribution in [-0.4, -0.2) is 35.7 Å². The van der Waals surface area contributed by atoms with Gasteiger partial charge in [0.1, 0.15) is 5.75 Å². The minimum absolute atomic E-state index is 0.0330. The maximum Gasteiger partial charge on any atom is 0.222 e. The van der Waals surface area contributed by atoms with E-state index in [2.05, 4.69) is 39.8 Å². The highest BCUT2D eigenvalue weighted by Gasteiger charge is 2.34. The van der Waals surface area contributed by atoms with Crippen LogP contribution in [0.1, 0.15) is 79.7 Å². The van der Waals surface area contributed by atoms with Crippen LogP contribution in [0.5, 0.6) is 5.75 Å². The predicted molar refractivity (Wildman–Crippen MR) is 124 cm³/mol. The molecule has 1 heterocycles. The van der Waals surface area contributed by atoms with Crippen molar-refractivity contribution in [3.63, 3.8) is 0 Å². The number of hydrogen-bond donors (Lipinski definition) is 0. The van der Waals surface area contributed by atoms with E-state index in [1.165, 1.54) is 0 Å². The molecule has 0 radical (unpaired) electrons. The molecule has 0 spiro atoms. The van der Waals surface area contributed by atoms with Crippen LogP contribution in [0.2, 0.25) is 0 Å². The van der Waals surface area contributed by atoms with Crippen LogP contribution >= 0.6 is 0 Å². The standard InChI is InChI=1S/C26H43NO3/c1-8-25(28)27(18-21-9-11-23(12-10-21)30-20(4)5)15-13-24(19(2)3)22-14-16-29-26(6,7)17-22/h9-12,19-20,22,24H,8,13-18H2,1-7H3/t22-,24-/m1/s1. The number of carbonyl (C=O) groups excluding carboxylic acids is 1. The number of carbonyl (C=O) groups is 1. The molecule has 2 rings (SSSR count). The summed E-state index contributed by atoms with van der Waals surface area (Å²) in [5.74, 6) is 2.99. The van der Waals surface area contributed by atoms with Gasteiger partial charge in [-0.2, -0.15) is 0 Å². The second-order valence-corrected chi connectivity index (χ2v) is 10.0. The van der Waals surface area contributed by atoms with E-state index in [1.807, 2.05) is 37.8 Å². The normalized spacial score (nSPS) is 19.7. The molecule has 2 atom stereocenters. The molecule has 0 unspecified atom stereocenters. The van der Waals surface area contributed by atoms with Crippen molar-refractivity contribution in [2.75, 3.05) is 13.2 Å². The van der Waals surface area contributed by atoms with Crippen LogP contribution in [0.25, 0.3) is 0 Å². The summed E-state index contributed by atoms with van der Waals surface area (Å²) in [5, 5.41) is 0. The van der Waals surface area contributed by atoms with Gasteiger partial charge in [0, 0.05) is 26.1 Å². The summed E-state index contributed by atoms with van der Waals surface area (Å²) < 4.78 is 11.7. The summed E-state index contributed by atoms with van der Waals surface area (Å²) >= 11 is 0. The SMILES string of the molecule is CCC(=O)N(CC[C@H](C(C)C)[C@@H]1CCOC(C)(C)C1)Cc1ccc(OC(C)C)cc1. The molecule has 0 bridgehead atoms. The predicted octanol–water partition coefficient (Wildman–Crippen LogP) is 6.08. The van der Waals surface area contributed by atoms with Crippen LogP contribution in [0, 0.1) is 17.8 Å². The van der Waals surface area contributed by atoms with Crippen molar-refractivity contribution in [2.45, 2.75) is 92.4 Å². The summed E-state index contributed by atoms with van der Waals surface area (Å²) in [6.45, 7) is 17.4. The number of rotatable bonds is 10. The minimum Gasteiger partial charge on any atom is -0.491 e. The summed E-state index contributed by atoms with van der Waals surface area (Å²) in [6.07, 6.45) is 4.00. The molecule has 1 amide bonds. The van der Waals surface area contributed by atoms with Crippen LogP contribution in [0.15, 0.2) is 24.3 Å². The van der Waals surface area contributed by atoms with Gasteiger partial charge in [0.15, 0.2) is 0 Å². The first-order valence-electron chi connectivity index (χ1n) is 11.8. The van der Waals surface area contributed by atoms with Crippen molar-refractivity contribution < 1.29 is 14.3 Å². The molecule has 1 fully saturated rings. The highest BCUT2D eigenvalue weighted by molar-refractivity contribution is 5.75. The Bertz CT molecular complexity index is 651. The molecule has 0 aliphatic carbocycles. The van der Waals surface area contributed by atoms with Gasteiger partial charge in [0.25, 0.3) is 0 Å². The zero-order chi connectivity index (χ0) is 22.3. The summed E-state index contributed by atoms with van der Waals surface area (Å²) in [5.41, 5.74) is 1.12. The van der Waals surface area contributed by atoms with Gasteiger partial charge in [-0.25, -0.2) is 0 Å². The molecule has 0 aromatic heterocycles. The number of benzene rings is 1. The van der Waals surface area contributed by atoms with Crippen LogP contribution in [-0.2, 0) is 16.1 Å². The topological polar surface area (TPSA) is 38.8 Å². The number of ether oxygens (including phenoxy) is 2. The number of nitrogens with zero attached hydrogens (tertiary/aromatic N) is 1. The molecule has 1 aliphatic rings. The maximum absolute atomic E-state index is 12.7. The molecule has 1 aliphatic heterocycles. The van der Waals surface area contributed by atoms with Gasteiger partial charge in [0.2, 0.25) is 5.91 Å². The average molecular weight is 418 g/mol. The van der Waals surface area contributed by atoms with E-state index in [-0.39, 0.29) is 17.6 Å². The molecule has 30 heavy (non-hydrogen) atoms. The highest BCUT2D eigenvalue weighted by atomic mass is 16.5. The smallest absolute Gasteiger partial charge is 0.222 e. The quantitative estimate of drug-likeness (QED) is 0.463. The van der Waals surface area contributed by atoms with Crippen molar-refractivity contribution in [2.24, 2.45) is 17.8 Å². The fourth-order valence-corrected chi connectivity index (χ4v) is 4.74. The molecular formula is C26H43NO3.